The largest absolute Gasteiger partial charge is 0.543 e. The number of allylic oxidation sites excluding steroid dienone is 2. The van der Waals surface area contributed by atoms with Gasteiger partial charge in [0.05, 0.1) is 6.61 Å². The molecule has 1 aromatic carbocycles. The molecule has 1 aliphatic rings. The molecule has 0 N–H and O–H groups in total. The summed E-state index contributed by atoms with van der Waals surface area (Å²) in [7, 11) is -1.81. The van der Waals surface area contributed by atoms with Crippen LogP contribution in [0.4, 0.5) is 0 Å². The van der Waals surface area contributed by atoms with Crippen LogP contribution in [0.15, 0.2) is 52.8 Å². The van der Waals surface area contributed by atoms with Gasteiger partial charge >= 0.3 is 0 Å². The minimum Gasteiger partial charge on any atom is -0.543 e. The van der Waals surface area contributed by atoms with E-state index >= 15 is 0 Å². The van der Waals surface area contributed by atoms with Crippen molar-refractivity contribution in [2.75, 3.05) is 13.2 Å². The summed E-state index contributed by atoms with van der Waals surface area (Å²) in [5, 5.41) is 0.218. The number of hydrogen-bond donors (Lipinski definition) is 0. The Bertz CT molecular complexity index is 678. The molecule has 0 bridgehead atoms. The highest BCUT2D eigenvalue weighted by Gasteiger charge is 2.40. The number of benzene rings is 1. The van der Waals surface area contributed by atoms with E-state index in [0.717, 1.165) is 32.3 Å². The highest BCUT2D eigenvalue weighted by molar-refractivity contribution is 6.74. The topological polar surface area (TPSA) is 18.5 Å². The van der Waals surface area contributed by atoms with Crippen LogP contribution in [-0.2, 0) is 15.6 Å². The Kier molecular flexibility index (Phi) is 7.53. The molecular formula is C24H38O2Si. The SMILES string of the molecule is CC1=C(O[Si](C)(C)C(C)(C)C)/C(=C(\C)COCCCc2ccccc2)CC1. The zero-order chi connectivity index (χ0) is 20.1. The van der Waals surface area contributed by atoms with E-state index in [4.69, 9.17) is 9.16 Å². The third kappa shape index (κ3) is 6.08. The lowest BCUT2D eigenvalue weighted by Gasteiger charge is -2.37. The lowest BCUT2D eigenvalue weighted by molar-refractivity contribution is 0.152. The van der Waals surface area contributed by atoms with E-state index in [0.29, 0.717) is 6.61 Å². The summed E-state index contributed by atoms with van der Waals surface area (Å²) in [4.78, 5) is 0. The van der Waals surface area contributed by atoms with Crippen LogP contribution in [0.3, 0.4) is 0 Å². The summed E-state index contributed by atoms with van der Waals surface area (Å²) >= 11 is 0. The van der Waals surface area contributed by atoms with Gasteiger partial charge in [-0.2, -0.15) is 0 Å². The van der Waals surface area contributed by atoms with E-state index < -0.39 is 8.32 Å². The minimum atomic E-state index is -1.81. The van der Waals surface area contributed by atoms with Gasteiger partial charge in [0.25, 0.3) is 0 Å². The molecule has 0 spiro atoms. The molecule has 0 unspecified atom stereocenters. The first-order chi connectivity index (χ1) is 12.6. The van der Waals surface area contributed by atoms with Gasteiger partial charge in [0.15, 0.2) is 0 Å². The summed E-state index contributed by atoms with van der Waals surface area (Å²) in [6.07, 6.45) is 4.35. The molecule has 3 heteroatoms. The maximum atomic E-state index is 6.70. The quantitative estimate of drug-likeness (QED) is 0.352. The maximum Gasteiger partial charge on any atom is 0.250 e. The average molecular weight is 387 g/mol. The van der Waals surface area contributed by atoms with E-state index in [-0.39, 0.29) is 5.04 Å². The Morgan fingerprint density at radius 3 is 2.37 bits per heavy atom. The first kappa shape index (κ1) is 22.0. The second-order valence-corrected chi connectivity index (χ2v) is 14.1. The molecule has 0 heterocycles. The standard InChI is InChI=1S/C24H38O2Si/c1-19-15-16-22(23(19)26-27(6,7)24(3,4)5)20(2)18-25-17-11-14-21-12-9-8-10-13-21/h8-10,12-13H,11,14-18H2,1-7H3/b22-20+. The van der Waals surface area contributed by atoms with Crippen LogP contribution >= 0.6 is 0 Å². The molecule has 150 valence electrons. The number of ether oxygens (including phenoxy) is 1. The highest BCUT2D eigenvalue weighted by atomic mass is 28.4. The van der Waals surface area contributed by atoms with Crippen LogP contribution in [0.2, 0.25) is 18.1 Å². The van der Waals surface area contributed by atoms with Crippen LogP contribution in [0.5, 0.6) is 0 Å². The van der Waals surface area contributed by atoms with Crippen LogP contribution in [0.1, 0.15) is 59.4 Å². The lowest BCUT2D eigenvalue weighted by Crippen LogP contribution is -2.40. The van der Waals surface area contributed by atoms with Crippen molar-refractivity contribution in [2.45, 2.75) is 78.4 Å². The fourth-order valence-electron chi connectivity index (χ4n) is 3.10. The molecule has 0 saturated carbocycles. The van der Waals surface area contributed by atoms with E-state index in [1.165, 1.54) is 28.0 Å². The highest BCUT2D eigenvalue weighted by Crippen LogP contribution is 2.43. The zero-order valence-electron chi connectivity index (χ0n) is 18.4. The Hall–Kier alpha value is -1.32. The first-order valence-corrected chi connectivity index (χ1v) is 13.2. The molecule has 0 radical (unpaired) electrons. The zero-order valence-corrected chi connectivity index (χ0v) is 19.4. The van der Waals surface area contributed by atoms with Gasteiger partial charge in [-0.1, -0.05) is 51.1 Å². The predicted octanol–water partition coefficient (Wildman–Crippen LogP) is 7.04. The lowest BCUT2D eigenvalue weighted by atomic mass is 10.1. The Labute approximate surface area is 167 Å². The molecule has 2 rings (SSSR count). The van der Waals surface area contributed by atoms with Crippen molar-refractivity contribution in [1.29, 1.82) is 0 Å². The average Bonchev–Trinajstić information content (AvgIpc) is 2.94. The number of hydrogen-bond acceptors (Lipinski definition) is 2. The summed E-state index contributed by atoms with van der Waals surface area (Å²) in [5.41, 5.74) is 5.51. The third-order valence-electron chi connectivity index (χ3n) is 6.01. The number of rotatable bonds is 8. The Balaban J connectivity index is 1.91. The van der Waals surface area contributed by atoms with Crippen LogP contribution < -0.4 is 0 Å². The van der Waals surface area contributed by atoms with Crippen LogP contribution in [0.25, 0.3) is 0 Å². The molecule has 1 aliphatic carbocycles. The summed E-state index contributed by atoms with van der Waals surface area (Å²) in [6.45, 7) is 17.5. The van der Waals surface area contributed by atoms with Gasteiger partial charge in [0.1, 0.15) is 5.76 Å². The summed E-state index contributed by atoms with van der Waals surface area (Å²) in [6, 6.07) is 10.6. The minimum absolute atomic E-state index is 0.218. The van der Waals surface area contributed by atoms with Crippen molar-refractivity contribution in [3.8, 4) is 0 Å². The third-order valence-corrected chi connectivity index (χ3v) is 10.3. The Morgan fingerprint density at radius 1 is 1.07 bits per heavy atom. The molecule has 1 aromatic rings. The van der Waals surface area contributed by atoms with Crippen molar-refractivity contribution in [2.24, 2.45) is 0 Å². The molecule has 0 amide bonds. The van der Waals surface area contributed by atoms with Crippen LogP contribution in [0, 0.1) is 0 Å². The van der Waals surface area contributed by atoms with E-state index in [1.54, 1.807) is 0 Å². The van der Waals surface area contributed by atoms with Crippen molar-refractivity contribution in [1.82, 2.24) is 0 Å². The van der Waals surface area contributed by atoms with Gasteiger partial charge in [-0.15, -0.1) is 0 Å². The molecule has 0 saturated heterocycles. The van der Waals surface area contributed by atoms with E-state index in [2.05, 4.69) is 78.0 Å². The number of aryl methyl sites for hydroxylation is 1. The maximum absolute atomic E-state index is 6.70. The van der Waals surface area contributed by atoms with Gasteiger partial charge in [-0.05, 0) is 79.9 Å². The molecule has 0 aromatic heterocycles. The van der Waals surface area contributed by atoms with E-state index in [9.17, 15) is 0 Å². The van der Waals surface area contributed by atoms with Gasteiger partial charge in [0.2, 0.25) is 8.32 Å². The molecule has 0 atom stereocenters. The van der Waals surface area contributed by atoms with Crippen molar-refractivity contribution in [3.63, 3.8) is 0 Å². The predicted molar refractivity (Wildman–Crippen MR) is 118 cm³/mol. The van der Waals surface area contributed by atoms with Crippen molar-refractivity contribution in [3.05, 3.63) is 58.4 Å². The smallest absolute Gasteiger partial charge is 0.250 e. The summed E-state index contributed by atoms with van der Waals surface area (Å²) in [5.74, 6) is 1.17. The normalized spacial score (nSPS) is 17.4. The molecule has 0 aliphatic heterocycles. The Morgan fingerprint density at radius 2 is 1.74 bits per heavy atom. The van der Waals surface area contributed by atoms with Gasteiger partial charge in [0, 0.05) is 6.61 Å². The fraction of sp³-hybridized carbons (Fsp3) is 0.583. The van der Waals surface area contributed by atoms with Crippen molar-refractivity contribution < 1.29 is 9.16 Å². The van der Waals surface area contributed by atoms with E-state index in [1.807, 2.05) is 0 Å². The molecular weight excluding hydrogens is 348 g/mol. The first-order valence-electron chi connectivity index (χ1n) is 10.3. The second kappa shape index (κ2) is 9.25. The molecule has 0 fully saturated rings. The molecule has 27 heavy (non-hydrogen) atoms. The second-order valence-electron chi connectivity index (χ2n) is 9.37. The summed E-state index contributed by atoms with van der Waals surface area (Å²) < 4.78 is 12.7. The monoisotopic (exact) mass is 386 g/mol. The van der Waals surface area contributed by atoms with Gasteiger partial charge < -0.3 is 9.16 Å². The van der Waals surface area contributed by atoms with Crippen molar-refractivity contribution >= 4 is 8.32 Å². The fourth-order valence-corrected chi connectivity index (χ4v) is 4.21. The van der Waals surface area contributed by atoms with Gasteiger partial charge in [-0.3, -0.25) is 0 Å². The molecule has 2 nitrogen and oxygen atoms in total. The van der Waals surface area contributed by atoms with Gasteiger partial charge in [-0.25, -0.2) is 0 Å². The van der Waals surface area contributed by atoms with Crippen LogP contribution in [-0.4, -0.2) is 21.5 Å².